The van der Waals surface area contributed by atoms with Crippen molar-refractivity contribution < 1.29 is 9.18 Å². The minimum atomic E-state index is -0.328. The largest absolute Gasteiger partial charge is 0.355 e. The molecule has 1 N–H and O–H groups in total. The van der Waals surface area contributed by atoms with Crippen LogP contribution in [0, 0.1) is 5.82 Å². The predicted octanol–water partition coefficient (Wildman–Crippen LogP) is 2.21. The minimum absolute atomic E-state index is 0.252. The Morgan fingerprint density at radius 2 is 2.28 bits per heavy atom. The third-order valence-electron chi connectivity index (χ3n) is 3.37. The number of carbonyl (C=O) groups excluding carboxylic acids is 1. The number of halogens is 1. The number of aromatic nitrogens is 1. The Bertz CT molecular complexity index is 631. The Labute approximate surface area is 104 Å². The number of nitrogens with one attached hydrogen (secondary N) is 1. The van der Waals surface area contributed by atoms with E-state index in [1.807, 2.05) is 22.9 Å². The zero-order chi connectivity index (χ0) is 12.7. The van der Waals surface area contributed by atoms with Gasteiger partial charge in [0.25, 0.3) is 5.91 Å². The van der Waals surface area contributed by atoms with E-state index in [0.29, 0.717) is 11.1 Å². The van der Waals surface area contributed by atoms with Gasteiger partial charge in [0, 0.05) is 30.9 Å². The lowest BCUT2D eigenvalue weighted by Gasteiger charge is -2.20. The number of hydrogen-bond donors (Lipinski definition) is 1. The van der Waals surface area contributed by atoms with Gasteiger partial charge < -0.3 is 9.88 Å². The lowest BCUT2D eigenvalue weighted by atomic mass is 9.95. The van der Waals surface area contributed by atoms with Crippen molar-refractivity contribution in [1.82, 2.24) is 9.88 Å². The van der Waals surface area contributed by atoms with E-state index >= 15 is 0 Å². The van der Waals surface area contributed by atoms with Gasteiger partial charge in [0.2, 0.25) is 0 Å². The molecule has 4 heteroatoms. The fourth-order valence-electron chi connectivity index (χ4n) is 2.50. The van der Waals surface area contributed by atoms with E-state index in [-0.39, 0.29) is 11.7 Å². The van der Waals surface area contributed by atoms with Crippen molar-refractivity contribution in [1.29, 1.82) is 0 Å². The van der Waals surface area contributed by atoms with Crippen LogP contribution in [0.5, 0.6) is 0 Å². The average molecular weight is 244 g/mol. The first kappa shape index (κ1) is 11.0. The van der Waals surface area contributed by atoms with E-state index in [9.17, 15) is 9.18 Å². The third-order valence-corrected chi connectivity index (χ3v) is 3.37. The Hall–Kier alpha value is -2.10. The topological polar surface area (TPSA) is 34.0 Å². The van der Waals surface area contributed by atoms with Gasteiger partial charge in [-0.05, 0) is 36.2 Å². The third kappa shape index (κ3) is 1.53. The van der Waals surface area contributed by atoms with Crippen LogP contribution in [0.3, 0.4) is 0 Å². The minimum Gasteiger partial charge on any atom is -0.355 e. The monoisotopic (exact) mass is 244 g/mol. The summed E-state index contributed by atoms with van der Waals surface area (Å²) in [6.07, 6.45) is 2.70. The molecule has 2 heterocycles. The zero-order valence-corrected chi connectivity index (χ0v) is 10.0. The molecule has 2 aromatic rings. The van der Waals surface area contributed by atoms with Gasteiger partial charge in [-0.15, -0.1) is 0 Å². The maximum atomic E-state index is 14.2. The molecule has 0 atom stereocenters. The van der Waals surface area contributed by atoms with Crippen LogP contribution in [0.2, 0.25) is 0 Å². The van der Waals surface area contributed by atoms with Crippen LogP contribution >= 0.6 is 0 Å². The van der Waals surface area contributed by atoms with Crippen molar-refractivity contribution in [2.45, 2.75) is 13.0 Å². The number of amides is 1. The first-order valence-electron chi connectivity index (χ1n) is 5.90. The van der Waals surface area contributed by atoms with E-state index in [1.54, 1.807) is 13.1 Å². The van der Waals surface area contributed by atoms with Gasteiger partial charge >= 0.3 is 0 Å². The van der Waals surface area contributed by atoms with E-state index < -0.39 is 0 Å². The molecular weight excluding hydrogens is 231 g/mol. The molecule has 0 fully saturated rings. The Kier molecular flexibility index (Phi) is 2.44. The summed E-state index contributed by atoms with van der Waals surface area (Å²) in [5.74, 6) is -0.580. The molecule has 3 rings (SSSR count). The molecule has 0 saturated heterocycles. The molecule has 0 spiro atoms. The molecule has 0 radical (unpaired) electrons. The fraction of sp³-hybridized carbons (Fsp3) is 0.214. The molecule has 1 aliphatic rings. The van der Waals surface area contributed by atoms with Crippen LogP contribution < -0.4 is 5.32 Å². The zero-order valence-electron chi connectivity index (χ0n) is 10.0. The van der Waals surface area contributed by atoms with Crippen molar-refractivity contribution in [3.63, 3.8) is 0 Å². The molecular formula is C14H13FN2O. The summed E-state index contributed by atoms with van der Waals surface area (Å²) in [6, 6.07) is 6.91. The van der Waals surface area contributed by atoms with Gasteiger partial charge in [0.1, 0.15) is 5.82 Å². The molecule has 18 heavy (non-hydrogen) atoms. The van der Waals surface area contributed by atoms with Crippen LogP contribution in [0.15, 0.2) is 30.5 Å². The summed E-state index contributed by atoms with van der Waals surface area (Å²) < 4.78 is 16.2. The van der Waals surface area contributed by atoms with Crippen LogP contribution in [0.25, 0.3) is 11.3 Å². The number of benzene rings is 1. The highest BCUT2D eigenvalue weighted by molar-refractivity contribution is 5.95. The van der Waals surface area contributed by atoms with Gasteiger partial charge in [0.15, 0.2) is 0 Å². The lowest BCUT2D eigenvalue weighted by Crippen LogP contribution is -2.19. The van der Waals surface area contributed by atoms with E-state index in [1.165, 1.54) is 6.07 Å². The lowest BCUT2D eigenvalue weighted by molar-refractivity contribution is 0.0962. The first-order chi connectivity index (χ1) is 8.70. The maximum Gasteiger partial charge on any atom is 0.251 e. The highest BCUT2D eigenvalue weighted by Crippen LogP contribution is 2.32. The number of fused-ring (bicyclic) bond motifs is 3. The second-order valence-corrected chi connectivity index (χ2v) is 4.41. The molecule has 0 saturated carbocycles. The van der Waals surface area contributed by atoms with Crippen LogP contribution in [-0.4, -0.2) is 17.5 Å². The molecule has 0 bridgehead atoms. The molecule has 0 unspecified atom stereocenters. The molecule has 1 aliphatic heterocycles. The summed E-state index contributed by atoms with van der Waals surface area (Å²) in [7, 11) is 1.55. The first-order valence-corrected chi connectivity index (χ1v) is 5.90. The Morgan fingerprint density at radius 3 is 3.06 bits per heavy atom. The number of nitrogens with zero attached hydrogens (tertiary/aromatic N) is 1. The molecule has 92 valence electrons. The van der Waals surface area contributed by atoms with E-state index in [2.05, 4.69) is 5.32 Å². The normalized spacial score (nSPS) is 12.8. The average Bonchev–Trinajstić information content (AvgIpc) is 2.85. The van der Waals surface area contributed by atoms with E-state index in [0.717, 1.165) is 24.2 Å². The van der Waals surface area contributed by atoms with Gasteiger partial charge in [-0.25, -0.2) is 4.39 Å². The van der Waals surface area contributed by atoms with Crippen molar-refractivity contribution in [3.8, 4) is 11.3 Å². The SMILES string of the molecule is CNC(=O)c1cc(F)c2c(c1)CCn1cccc1-2. The van der Waals surface area contributed by atoms with Crippen LogP contribution in [0.4, 0.5) is 4.39 Å². The number of hydrogen-bond acceptors (Lipinski definition) is 1. The standard InChI is InChI=1S/C14H13FN2O/c1-16-14(18)10-7-9-4-6-17-5-2-3-12(17)13(9)11(15)8-10/h2-3,5,7-8H,4,6H2,1H3,(H,16,18). The summed E-state index contributed by atoms with van der Waals surface area (Å²) >= 11 is 0. The summed E-state index contributed by atoms with van der Waals surface area (Å²) in [6.45, 7) is 0.825. The second-order valence-electron chi connectivity index (χ2n) is 4.41. The number of aryl methyl sites for hydroxylation is 2. The fourth-order valence-corrected chi connectivity index (χ4v) is 2.50. The van der Waals surface area contributed by atoms with Crippen molar-refractivity contribution >= 4 is 5.91 Å². The van der Waals surface area contributed by atoms with Crippen molar-refractivity contribution in [3.05, 3.63) is 47.4 Å². The molecule has 1 aromatic carbocycles. The van der Waals surface area contributed by atoms with Crippen molar-refractivity contribution in [2.75, 3.05) is 7.05 Å². The quantitative estimate of drug-likeness (QED) is 0.820. The van der Waals surface area contributed by atoms with Gasteiger partial charge in [-0.2, -0.15) is 0 Å². The van der Waals surface area contributed by atoms with Gasteiger partial charge in [-0.3, -0.25) is 4.79 Å². The molecule has 1 amide bonds. The number of rotatable bonds is 1. The molecule has 3 nitrogen and oxygen atoms in total. The van der Waals surface area contributed by atoms with Crippen molar-refractivity contribution in [2.24, 2.45) is 0 Å². The molecule has 1 aromatic heterocycles. The Morgan fingerprint density at radius 1 is 1.44 bits per heavy atom. The number of carbonyl (C=O) groups is 1. The molecule has 0 aliphatic carbocycles. The van der Waals surface area contributed by atoms with Crippen LogP contribution in [0.1, 0.15) is 15.9 Å². The van der Waals surface area contributed by atoms with Gasteiger partial charge in [-0.1, -0.05) is 0 Å². The van der Waals surface area contributed by atoms with E-state index in [4.69, 9.17) is 0 Å². The second kappa shape index (κ2) is 3.98. The highest BCUT2D eigenvalue weighted by atomic mass is 19.1. The predicted molar refractivity (Wildman–Crippen MR) is 66.9 cm³/mol. The summed E-state index contributed by atoms with van der Waals surface area (Å²) in [4.78, 5) is 11.6. The summed E-state index contributed by atoms with van der Waals surface area (Å²) in [5, 5.41) is 2.52. The summed E-state index contributed by atoms with van der Waals surface area (Å²) in [5.41, 5.74) is 2.80. The van der Waals surface area contributed by atoms with Crippen LogP contribution in [-0.2, 0) is 13.0 Å². The maximum absolute atomic E-state index is 14.2. The van der Waals surface area contributed by atoms with Gasteiger partial charge in [0.05, 0.1) is 5.69 Å². The smallest absolute Gasteiger partial charge is 0.251 e. The Balaban J connectivity index is 2.19. The highest BCUT2D eigenvalue weighted by Gasteiger charge is 2.21.